The van der Waals surface area contributed by atoms with Crippen LogP contribution < -0.4 is 5.32 Å². The van der Waals surface area contributed by atoms with Gasteiger partial charge in [-0.05, 0) is 43.0 Å². The number of anilines is 1. The lowest BCUT2D eigenvalue weighted by atomic mass is 10.0. The fourth-order valence-corrected chi connectivity index (χ4v) is 4.63. The number of carbonyl (C=O) groups excluding carboxylic acids is 1. The predicted molar refractivity (Wildman–Crippen MR) is 77.9 cm³/mol. The van der Waals surface area contributed by atoms with Crippen molar-refractivity contribution in [3.8, 4) is 0 Å². The van der Waals surface area contributed by atoms with E-state index in [-0.39, 0.29) is 17.3 Å². The molecule has 1 unspecified atom stereocenters. The minimum Gasteiger partial charge on any atom is -0.480 e. The normalized spacial score (nSPS) is 22.2. The first kappa shape index (κ1) is 15.0. The fourth-order valence-electron chi connectivity index (χ4n) is 2.93. The quantitative estimate of drug-likeness (QED) is 0.856. The number of rotatable bonds is 3. The summed E-state index contributed by atoms with van der Waals surface area (Å²) in [6, 6.07) is 3.50. The van der Waals surface area contributed by atoms with Gasteiger partial charge < -0.3 is 10.4 Å². The third-order valence-corrected chi connectivity index (χ3v) is 5.97. The van der Waals surface area contributed by atoms with E-state index in [1.807, 2.05) is 0 Å². The number of nitrogens with one attached hydrogen (secondary N) is 1. The molecule has 1 atom stereocenters. The van der Waals surface area contributed by atoms with Gasteiger partial charge in [-0.3, -0.25) is 9.59 Å². The maximum atomic E-state index is 12.7. The van der Waals surface area contributed by atoms with Crippen molar-refractivity contribution in [2.24, 2.45) is 0 Å². The van der Waals surface area contributed by atoms with Gasteiger partial charge in [0.15, 0.2) is 0 Å². The van der Waals surface area contributed by atoms with Gasteiger partial charge in [-0.15, -0.1) is 0 Å². The first-order valence-corrected chi connectivity index (χ1v) is 8.51. The summed E-state index contributed by atoms with van der Waals surface area (Å²) < 4.78 is 26.4. The standard InChI is InChI=1S/C14H16N2O5S/c17-13-6-3-9-8-10(4-5-11(9)15-13)22(20,21)16-7-1-2-12(16)14(18)19/h4-5,8,12H,1-3,6-7H2,(H,15,17)(H,18,19). The minimum atomic E-state index is -3.84. The number of aryl methyl sites for hydroxylation is 1. The molecule has 2 aliphatic rings. The summed E-state index contributed by atoms with van der Waals surface area (Å²) in [7, 11) is -3.84. The number of hydrogen-bond acceptors (Lipinski definition) is 4. The smallest absolute Gasteiger partial charge is 0.322 e. The molecule has 0 saturated carbocycles. The van der Waals surface area contributed by atoms with Gasteiger partial charge in [0.05, 0.1) is 4.90 Å². The first-order valence-electron chi connectivity index (χ1n) is 7.07. The Labute approximate surface area is 128 Å². The molecule has 3 rings (SSSR count). The fraction of sp³-hybridized carbons (Fsp3) is 0.429. The SMILES string of the molecule is O=C1CCc2cc(S(=O)(=O)N3CCCC3C(=O)O)ccc2N1. The van der Waals surface area contributed by atoms with Crippen molar-refractivity contribution in [3.05, 3.63) is 23.8 Å². The van der Waals surface area contributed by atoms with Gasteiger partial charge in [-0.1, -0.05) is 0 Å². The number of carboxylic acids is 1. The van der Waals surface area contributed by atoms with Crippen LogP contribution in [0.3, 0.4) is 0 Å². The third-order valence-electron chi connectivity index (χ3n) is 4.07. The molecule has 2 heterocycles. The molecule has 118 valence electrons. The number of hydrogen-bond donors (Lipinski definition) is 2. The molecular weight excluding hydrogens is 308 g/mol. The van der Waals surface area contributed by atoms with Crippen LogP contribution in [0, 0.1) is 0 Å². The molecular formula is C14H16N2O5S. The van der Waals surface area contributed by atoms with Crippen molar-refractivity contribution in [1.29, 1.82) is 0 Å². The maximum Gasteiger partial charge on any atom is 0.322 e. The zero-order chi connectivity index (χ0) is 15.9. The molecule has 22 heavy (non-hydrogen) atoms. The van der Waals surface area contributed by atoms with Crippen LogP contribution in [-0.2, 0) is 26.0 Å². The van der Waals surface area contributed by atoms with Gasteiger partial charge in [0.1, 0.15) is 6.04 Å². The van der Waals surface area contributed by atoms with Gasteiger partial charge in [0.25, 0.3) is 0 Å². The average molecular weight is 324 g/mol. The highest BCUT2D eigenvalue weighted by atomic mass is 32.2. The van der Waals surface area contributed by atoms with Gasteiger partial charge in [-0.2, -0.15) is 4.31 Å². The lowest BCUT2D eigenvalue weighted by Gasteiger charge is -2.23. The van der Waals surface area contributed by atoms with Crippen LogP contribution in [0.4, 0.5) is 5.69 Å². The van der Waals surface area contributed by atoms with Crippen LogP contribution in [0.15, 0.2) is 23.1 Å². The molecule has 1 fully saturated rings. The van der Waals surface area contributed by atoms with Crippen LogP contribution in [0.5, 0.6) is 0 Å². The van der Waals surface area contributed by atoms with Crippen molar-refractivity contribution >= 4 is 27.6 Å². The Kier molecular flexibility index (Phi) is 3.65. The zero-order valence-corrected chi connectivity index (χ0v) is 12.6. The number of carbonyl (C=O) groups is 2. The van der Waals surface area contributed by atoms with Crippen LogP contribution in [0.25, 0.3) is 0 Å². The Bertz CT molecular complexity index is 744. The molecule has 2 N–H and O–H groups in total. The van der Waals surface area contributed by atoms with E-state index < -0.39 is 22.0 Å². The molecule has 1 aromatic rings. The van der Waals surface area contributed by atoms with E-state index in [1.165, 1.54) is 12.1 Å². The van der Waals surface area contributed by atoms with E-state index in [2.05, 4.69) is 5.32 Å². The third kappa shape index (κ3) is 2.48. The number of amides is 1. The summed E-state index contributed by atoms with van der Waals surface area (Å²) in [5.41, 5.74) is 1.37. The molecule has 0 radical (unpaired) electrons. The van der Waals surface area contributed by atoms with Crippen molar-refractivity contribution in [2.75, 3.05) is 11.9 Å². The Morgan fingerprint density at radius 1 is 1.32 bits per heavy atom. The summed E-state index contributed by atoms with van der Waals surface area (Å²) in [6.07, 6.45) is 1.66. The van der Waals surface area contributed by atoms with E-state index in [1.54, 1.807) is 6.07 Å². The van der Waals surface area contributed by atoms with E-state index >= 15 is 0 Å². The second-order valence-electron chi connectivity index (χ2n) is 5.48. The molecule has 1 saturated heterocycles. The Balaban J connectivity index is 1.96. The van der Waals surface area contributed by atoms with Crippen LogP contribution >= 0.6 is 0 Å². The number of carboxylic acid groups (broad SMARTS) is 1. The van der Waals surface area contributed by atoms with Crippen molar-refractivity contribution < 1.29 is 23.1 Å². The van der Waals surface area contributed by atoms with E-state index in [0.29, 0.717) is 31.4 Å². The minimum absolute atomic E-state index is 0.0792. The van der Waals surface area contributed by atoms with Crippen LogP contribution in [0.1, 0.15) is 24.8 Å². The molecule has 0 spiro atoms. The monoisotopic (exact) mass is 324 g/mol. The summed E-state index contributed by atoms with van der Waals surface area (Å²) in [4.78, 5) is 22.6. The Hall–Kier alpha value is -1.93. The molecule has 0 bridgehead atoms. The van der Waals surface area contributed by atoms with Crippen molar-refractivity contribution in [2.45, 2.75) is 36.6 Å². The number of nitrogens with zero attached hydrogens (tertiary/aromatic N) is 1. The highest BCUT2D eigenvalue weighted by Gasteiger charge is 2.39. The Morgan fingerprint density at radius 2 is 2.09 bits per heavy atom. The van der Waals surface area contributed by atoms with Gasteiger partial charge >= 0.3 is 5.97 Å². The highest BCUT2D eigenvalue weighted by molar-refractivity contribution is 7.89. The van der Waals surface area contributed by atoms with Gasteiger partial charge in [0, 0.05) is 18.7 Å². The molecule has 2 aliphatic heterocycles. The molecule has 1 aromatic carbocycles. The number of sulfonamides is 1. The van der Waals surface area contributed by atoms with Crippen LogP contribution in [-0.4, -0.2) is 42.3 Å². The molecule has 0 aliphatic carbocycles. The molecule has 8 heteroatoms. The second kappa shape index (κ2) is 5.36. The number of fused-ring (bicyclic) bond motifs is 1. The number of aliphatic carboxylic acids is 1. The van der Waals surface area contributed by atoms with E-state index in [9.17, 15) is 18.0 Å². The topological polar surface area (TPSA) is 104 Å². The molecule has 1 amide bonds. The molecule has 7 nitrogen and oxygen atoms in total. The van der Waals surface area contributed by atoms with Gasteiger partial charge in [-0.25, -0.2) is 8.42 Å². The highest BCUT2D eigenvalue weighted by Crippen LogP contribution is 2.30. The summed E-state index contributed by atoms with van der Waals surface area (Å²) in [6.45, 7) is 0.215. The van der Waals surface area contributed by atoms with E-state index in [0.717, 1.165) is 9.87 Å². The van der Waals surface area contributed by atoms with Crippen molar-refractivity contribution in [1.82, 2.24) is 4.31 Å². The van der Waals surface area contributed by atoms with Crippen molar-refractivity contribution in [3.63, 3.8) is 0 Å². The maximum absolute atomic E-state index is 12.7. The first-order chi connectivity index (χ1) is 10.4. The zero-order valence-electron chi connectivity index (χ0n) is 11.8. The summed E-state index contributed by atoms with van der Waals surface area (Å²) >= 11 is 0. The number of benzene rings is 1. The lowest BCUT2D eigenvalue weighted by Crippen LogP contribution is -2.40. The summed E-state index contributed by atoms with van der Waals surface area (Å²) in [5.74, 6) is -1.21. The van der Waals surface area contributed by atoms with E-state index in [4.69, 9.17) is 5.11 Å². The Morgan fingerprint density at radius 3 is 2.82 bits per heavy atom. The van der Waals surface area contributed by atoms with Gasteiger partial charge in [0.2, 0.25) is 15.9 Å². The molecule has 0 aromatic heterocycles. The lowest BCUT2D eigenvalue weighted by molar-refractivity contribution is -0.140. The average Bonchev–Trinajstić information content (AvgIpc) is 2.97. The summed E-state index contributed by atoms with van der Waals surface area (Å²) in [5, 5.41) is 11.9. The van der Waals surface area contributed by atoms with Crippen LogP contribution in [0.2, 0.25) is 0 Å². The second-order valence-corrected chi connectivity index (χ2v) is 7.37. The predicted octanol–water partition coefficient (Wildman–Crippen LogP) is 0.809. The largest absolute Gasteiger partial charge is 0.480 e.